The molecule has 0 aromatic carbocycles. The first-order valence-corrected chi connectivity index (χ1v) is 10.6. The summed E-state index contributed by atoms with van der Waals surface area (Å²) in [5, 5.41) is 0. The number of carbonyl (C=O) groups is 2. The minimum atomic E-state index is -0.469. The monoisotopic (exact) mass is 380 g/mol. The van der Waals surface area contributed by atoms with Crippen molar-refractivity contribution in [3.63, 3.8) is 0 Å². The van der Waals surface area contributed by atoms with Crippen LogP contribution in [-0.2, 0) is 9.47 Å². The first-order valence-electron chi connectivity index (χ1n) is 10.6. The molecular formula is C21H36N2O4. The number of likely N-dealkylation sites (tertiary alicyclic amines) is 1. The van der Waals surface area contributed by atoms with Crippen molar-refractivity contribution in [3.8, 4) is 0 Å². The van der Waals surface area contributed by atoms with Crippen LogP contribution in [0.4, 0.5) is 9.59 Å². The van der Waals surface area contributed by atoms with Crippen molar-refractivity contribution < 1.29 is 19.1 Å². The molecule has 1 atom stereocenters. The van der Waals surface area contributed by atoms with Crippen LogP contribution in [0.3, 0.4) is 0 Å². The first-order chi connectivity index (χ1) is 12.7. The van der Waals surface area contributed by atoms with E-state index < -0.39 is 5.60 Å². The van der Waals surface area contributed by atoms with E-state index in [1.54, 1.807) is 0 Å². The van der Waals surface area contributed by atoms with E-state index in [0.717, 1.165) is 19.4 Å². The van der Waals surface area contributed by atoms with Gasteiger partial charge in [-0.3, -0.25) is 0 Å². The number of rotatable bonds is 3. The number of piperidine rings is 1. The average Bonchev–Trinajstić information content (AvgIpc) is 2.93. The van der Waals surface area contributed by atoms with E-state index in [-0.39, 0.29) is 23.6 Å². The van der Waals surface area contributed by atoms with Gasteiger partial charge in [0.25, 0.3) is 0 Å². The predicted octanol–water partition coefficient (Wildman–Crippen LogP) is 4.42. The third-order valence-electron chi connectivity index (χ3n) is 6.58. The Morgan fingerprint density at radius 1 is 1.19 bits per heavy atom. The SMILES string of the molecule is CC1COC(=O)N1CC1(C2CCCCC2)CCN(C(=O)OC(C)(C)C)CC1. The summed E-state index contributed by atoms with van der Waals surface area (Å²) in [5.74, 6) is 0.632. The Labute approximate surface area is 163 Å². The average molecular weight is 381 g/mol. The Morgan fingerprint density at radius 2 is 1.81 bits per heavy atom. The maximum atomic E-state index is 12.5. The zero-order chi connectivity index (χ0) is 19.7. The van der Waals surface area contributed by atoms with Crippen LogP contribution in [0.15, 0.2) is 0 Å². The number of hydrogen-bond donors (Lipinski definition) is 0. The van der Waals surface area contributed by atoms with E-state index >= 15 is 0 Å². The molecule has 0 aromatic rings. The van der Waals surface area contributed by atoms with Crippen molar-refractivity contribution >= 4 is 12.2 Å². The Balaban J connectivity index is 1.70. The van der Waals surface area contributed by atoms with Gasteiger partial charge in [0.2, 0.25) is 0 Å². The second-order valence-electron chi connectivity index (χ2n) is 9.72. The third kappa shape index (κ3) is 4.69. The maximum Gasteiger partial charge on any atom is 0.410 e. The highest BCUT2D eigenvalue weighted by atomic mass is 16.6. The third-order valence-corrected chi connectivity index (χ3v) is 6.58. The summed E-state index contributed by atoms with van der Waals surface area (Å²) in [6.07, 6.45) is 7.85. The van der Waals surface area contributed by atoms with Gasteiger partial charge < -0.3 is 19.3 Å². The van der Waals surface area contributed by atoms with Gasteiger partial charge in [-0.05, 0) is 64.7 Å². The largest absolute Gasteiger partial charge is 0.447 e. The summed E-state index contributed by atoms with van der Waals surface area (Å²) in [5.41, 5.74) is -0.375. The fraction of sp³-hybridized carbons (Fsp3) is 0.905. The molecule has 1 aliphatic carbocycles. The fourth-order valence-corrected chi connectivity index (χ4v) is 4.98. The van der Waals surface area contributed by atoms with Crippen molar-refractivity contribution in [2.75, 3.05) is 26.2 Å². The number of amides is 2. The zero-order valence-corrected chi connectivity index (χ0v) is 17.5. The predicted molar refractivity (Wildman–Crippen MR) is 104 cm³/mol. The minimum absolute atomic E-state index is 0.0938. The van der Waals surface area contributed by atoms with E-state index in [4.69, 9.17) is 9.47 Å². The van der Waals surface area contributed by atoms with Gasteiger partial charge >= 0.3 is 12.2 Å². The number of hydrogen-bond acceptors (Lipinski definition) is 4. The highest BCUT2D eigenvalue weighted by Crippen LogP contribution is 2.47. The molecule has 2 aliphatic heterocycles. The molecule has 0 bridgehead atoms. The summed E-state index contributed by atoms with van der Waals surface area (Å²) in [4.78, 5) is 28.5. The lowest BCUT2D eigenvalue weighted by molar-refractivity contribution is -0.0165. The lowest BCUT2D eigenvalue weighted by Gasteiger charge is -2.49. The highest BCUT2D eigenvalue weighted by molar-refractivity contribution is 5.70. The second-order valence-corrected chi connectivity index (χ2v) is 9.72. The summed E-state index contributed by atoms with van der Waals surface area (Å²) in [6, 6.07) is 0.141. The molecule has 2 amide bonds. The topological polar surface area (TPSA) is 59.1 Å². The van der Waals surface area contributed by atoms with Gasteiger partial charge in [0.15, 0.2) is 0 Å². The van der Waals surface area contributed by atoms with Gasteiger partial charge in [0, 0.05) is 19.6 Å². The minimum Gasteiger partial charge on any atom is -0.447 e. The van der Waals surface area contributed by atoms with Crippen molar-refractivity contribution in [2.24, 2.45) is 11.3 Å². The highest BCUT2D eigenvalue weighted by Gasteiger charge is 2.46. The molecule has 2 heterocycles. The molecule has 0 N–H and O–H groups in total. The van der Waals surface area contributed by atoms with E-state index in [1.807, 2.05) is 30.6 Å². The molecule has 6 nitrogen and oxygen atoms in total. The quantitative estimate of drug-likeness (QED) is 0.727. The van der Waals surface area contributed by atoms with Gasteiger partial charge in [-0.15, -0.1) is 0 Å². The van der Waals surface area contributed by atoms with Crippen LogP contribution in [0.2, 0.25) is 0 Å². The molecule has 0 aromatic heterocycles. The lowest BCUT2D eigenvalue weighted by atomic mass is 9.63. The van der Waals surface area contributed by atoms with E-state index in [9.17, 15) is 9.59 Å². The Bertz CT molecular complexity index is 543. The van der Waals surface area contributed by atoms with Gasteiger partial charge in [0.1, 0.15) is 12.2 Å². The van der Waals surface area contributed by atoms with Crippen LogP contribution in [0.1, 0.15) is 72.6 Å². The Morgan fingerprint density at radius 3 is 2.33 bits per heavy atom. The molecule has 3 aliphatic rings. The zero-order valence-electron chi connectivity index (χ0n) is 17.5. The molecule has 3 rings (SSSR count). The van der Waals surface area contributed by atoms with Crippen molar-refractivity contribution in [2.45, 2.75) is 84.3 Å². The molecule has 154 valence electrons. The molecule has 6 heteroatoms. The van der Waals surface area contributed by atoms with Crippen LogP contribution >= 0.6 is 0 Å². The molecule has 1 unspecified atom stereocenters. The number of carbonyl (C=O) groups excluding carboxylic acids is 2. The Hall–Kier alpha value is -1.46. The number of nitrogens with zero attached hydrogens (tertiary/aromatic N) is 2. The molecule has 2 saturated heterocycles. The van der Waals surface area contributed by atoms with Crippen LogP contribution in [0.25, 0.3) is 0 Å². The van der Waals surface area contributed by atoms with Gasteiger partial charge in [-0.25, -0.2) is 9.59 Å². The molecular weight excluding hydrogens is 344 g/mol. The normalized spacial score (nSPS) is 26.8. The maximum absolute atomic E-state index is 12.5. The van der Waals surface area contributed by atoms with Crippen molar-refractivity contribution in [1.82, 2.24) is 9.80 Å². The molecule has 27 heavy (non-hydrogen) atoms. The first kappa shape index (κ1) is 20.3. The van der Waals surface area contributed by atoms with Crippen LogP contribution in [-0.4, -0.2) is 59.9 Å². The van der Waals surface area contributed by atoms with Gasteiger partial charge in [-0.1, -0.05) is 19.3 Å². The fourth-order valence-electron chi connectivity index (χ4n) is 4.98. The molecule has 3 fully saturated rings. The van der Waals surface area contributed by atoms with Crippen LogP contribution in [0.5, 0.6) is 0 Å². The summed E-state index contributed by atoms with van der Waals surface area (Å²) in [6.45, 7) is 10.5. The second kappa shape index (κ2) is 7.88. The number of cyclic esters (lactones) is 1. The summed E-state index contributed by atoms with van der Waals surface area (Å²) < 4.78 is 10.8. The van der Waals surface area contributed by atoms with Crippen molar-refractivity contribution in [1.29, 1.82) is 0 Å². The Kier molecular flexibility index (Phi) is 5.92. The van der Waals surface area contributed by atoms with Crippen LogP contribution in [0, 0.1) is 11.3 Å². The lowest BCUT2D eigenvalue weighted by Crippen LogP contribution is -2.53. The van der Waals surface area contributed by atoms with Crippen LogP contribution < -0.4 is 0 Å². The summed E-state index contributed by atoms with van der Waals surface area (Å²) >= 11 is 0. The van der Waals surface area contributed by atoms with E-state index in [1.165, 1.54) is 32.1 Å². The molecule has 1 saturated carbocycles. The smallest absolute Gasteiger partial charge is 0.410 e. The molecule has 0 radical (unpaired) electrons. The van der Waals surface area contributed by atoms with E-state index in [2.05, 4.69) is 6.92 Å². The molecule has 0 spiro atoms. The van der Waals surface area contributed by atoms with Crippen molar-refractivity contribution in [3.05, 3.63) is 0 Å². The number of ether oxygens (including phenoxy) is 2. The van der Waals surface area contributed by atoms with E-state index in [0.29, 0.717) is 25.6 Å². The van der Waals surface area contributed by atoms with Gasteiger partial charge in [-0.2, -0.15) is 0 Å². The standard InChI is InChI=1S/C21H36N2O4/c1-16-14-26-19(25)23(16)15-21(17-8-6-5-7-9-17)10-12-22(13-11-21)18(24)27-20(2,3)4/h16-17H,5-15H2,1-4H3. The summed E-state index contributed by atoms with van der Waals surface area (Å²) in [7, 11) is 0. The van der Waals surface area contributed by atoms with Gasteiger partial charge in [0.05, 0.1) is 6.04 Å².